The summed E-state index contributed by atoms with van der Waals surface area (Å²) in [5, 5.41) is 9.07. The smallest absolute Gasteiger partial charge is 0.334 e. The van der Waals surface area contributed by atoms with Crippen molar-refractivity contribution < 1.29 is 41.4 Å². The number of carboxylic acids is 1. The third-order valence-electron chi connectivity index (χ3n) is 3.36. The molecule has 0 amide bonds. The number of hydrogen-bond acceptors (Lipinski definition) is 8. The maximum absolute atomic E-state index is 11.1. The Bertz CT molecular complexity index is 658. The van der Waals surface area contributed by atoms with Crippen LogP contribution in [0.4, 0.5) is 0 Å². The van der Waals surface area contributed by atoms with Crippen LogP contribution in [0.2, 0.25) is 0 Å². The van der Waals surface area contributed by atoms with Gasteiger partial charge in [0.25, 0.3) is 10.1 Å². The van der Waals surface area contributed by atoms with Gasteiger partial charge in [-0.05, 0) is 24.6 Å². The van der Waals surface area contributed by atoms with E-state index in [0.29, 0.717) is 57.6 Å². The highest BCUT2D eigenvalue weighted by atomic mass is 32.2. The number of carboxylic acid groups (broad SMARTS) is 1. The molecule has 0 saturated carbocycles. The largest absolute Gasteiger partial charge is 0.491 e. The van der Waals surface area contributed by atoms with Crippen molar-refractivity contribution in [3.8, 4) is 5.75 Å². The molecule has 10 heteroatoms. The zero-order chi connectivity index (χ0) is 20.8. The lowest BCUT2D eigenvalue weighted by Crippen LogP contribution is -2.28. The zero-order valence-electron chi connectivity index (χ0n) is 16.2. The minimum atomic E-state index is -3.86. The SMILES string of the molecule is CCOCCOCCOCCOc1ccc(C[C@@H](OS(C)(=O)=O)C(=O)O)cc1. The average Bonchev–Trinajstić information content (AvgIpc) is 2.63. The molecular formula is C18H28O9S. The molecule has 1 aromatic carbocycles. The van der Waals surface area contributed by atoms with Crippen molar-refractivity contribution in [3.63, 3.8) is 0 Å². The molecule has 1 rings (SSSR count). The Morgan fingerprint density at radius 1 is 0.964 bits per heavy atom. The second-order valence-corrected chi connectivity index (χ2v) is 7.35. The molecule has 0 aliphatic rings. The van der Waals surface area contributed by atoms with Crippen molar-refractivity contribution >= 4 is 16.1 Å². The maximum Gasteiger partial charge on any atom is 0.334 e. The minimum absolute atomic E-state index is 0.0743. The van der Waals surface area contributed by atoms with Crippen LogP contribution in [0.3, 0.4) is 0 Å². The third kappa shape index (κ3) is 11.9. The quantitative estimate of drug-likeness (QED) is 0.310. The van der Waals surface area contributed by atoms with Crippen molar-refractivity contribution in [1.82, 2.24) is 0 Å². The first-order valence-electron chi connectivity index (χ1n) is 8.88. The Hall–Kier alpha value is -1.72. The van der Waals surface area contributed by atoms with E-state index < -0.39 is 22.2 Å². The molecule has 1 N–H and O–H groups in total. The van der Waals surface area contributed by atoms with E-state index in [1.165, 1.54) is 0 Å². The fraction of sp³-hybridized carbons (Fsp3) is 0.611. The van der Waals surface area contributed by atoms with Crippen molar-refractivity contribution in [2.45, 2.75) is 19.4 Å². The van der Waals surface area contributed by atoms with Crippen LogP contribution in [0.25, 0.3) is 0 Å². The first-order valence-corrected chi connectivity index (χ1v) is 10.7. The first kappa shape index (κ1) is 24.3. The van der Waals surface area contributed by atoms with Crippen LogP contribution in [-0.4, -0.2) is 78.1 Å². The number of ether oxygens (including phenoxy) is 4. The number of rotatable bonds is 16. The highest BCUT2D eigenvalue weighted by Gasteiger charge is 2.23. The maximum atomic E-state index is 11.1. The molecule has 0 saturated heterocycles. The van der Waals surface area contributed by atoms with Gasteiger partial charge in [0, 0.05) is 13.0 Å². The molecule has 9 nitrogen and oxygen atoms in total. The van der Waals surface area contributed by atoms with Gasteiger partial charge in [-0.2, -0.15) is 8.42 Å². The topological polar surface area (TPSA) is 118 Å². The zero-order valence-corrected chi connectivity index (χ0v) is 17.0. The summed E-state index contributed by atoms with van der Waals surface area (Å²) in [5.74, 6) is -0.749. The second kappa shape index (κ2) is 13.5. The predicted octanol–water partition coefficient (Wildman–Crippen LogP) is 1.11. The van der Waals surface area contributed by atoms with E-state index in [-0.39, 0.29) is 6.42 Å². The van der Waals surface area contributed by atoms with Gasteiger partial charge < -0.3 is 24.1 Å². The number of aliphatic carboxylic acids is 1. The van der Waals surface area contributed by atoms with Crippen LogP contribution < -0.4 is 4.74 Å². The lowest BCUT2D eigenvalue weighted by molar-refractivity contribution is -0.144. The summed E-state index contributed by atoms with van der Waals surface area (Å²) < 4.78 is 48.2. The Labute approximate surface area is 165 Å². The Kier molecular flexibility index (Phi) is 11.7. The van der Waals surface area contributed by atoms with Crippen LogP contribution in [0, 0.1) is 0 Å². The molecule has 0 spiro atoms. The van der Waals surface area contributed by atoms with E-state index in [0.717, 1.165) is 6.26 Å². The average molecular weight is 420 g/mol. The third-order valence-corrected chi connectivity index (χ3v) is 3.94. The molecule has 1 aromatic rings. The van der Waals surface area contributed by atoms with E-state index >= 15 is 0 Å². The fourth-order valence-corrected chi connectivity index (χ4v) is 2.68. The number of hydrogen-bond donors (Lipinski definition) is 1. The van der Waals surface area contributed by atoms with Gasteiger partial charge in [-0.3, -0.25) is 4.18 Å². The summed E-state index contributed by atoms with van der Waals surface area (Å²) in [6.45, 7) is 5.42. The molecule has 0 bridgehead atoms. The van der Waals surface area contributed by atoms with Gasteiger partial charge in [0.05, 0.1) is 39.3 Å². The molecule has 0 aliphatic carbocycles. The minimum Gasteiger partial charge on any atom is -0.491 e. The molecular weight excluding hydrogens is 392 g/mol. The van der Waals surface area contributed by atoms with Gasteiger partial charge in [0.1, 0.15) is 12.4 Å². The van der Waals surface area contributed by atoms with E-state index in [1.54, 1.807) is 24.3 Å². The normalized spacial score (nSPS) is 12.6. The molecule has 28 heavy (non-hydrogen) atoms. The summed E-state index contributed by atoms with van der Waals surface area (Å²) in [5.41, 5.74) is 0.615. The van der Waals surface area contributed by atoms with Crippen molar-refractivity contribution in [1.29, 1.82) is 0 Å². The molecule has 0 aromatic heterocycles. The highest BCUT2D eigenvalue weighted by Crippen LogP contribution is 2.15. The molecule has 160 valence electrons. The van der Waals surface area contributed by atoms with Crippen molar-refractivity contribution in [2.24, 2.45) is 0 Å². The molecule has 1 atom stereocenters. The van der Waals surface area contributed by atoms with E-state index in [4.69, 9.17) is 24.1 Å². The second-order valence-electron chi connectivity index (χ2n) is 5.75. The molecule has 0 unspecified atom stereocenters. The Morgan fingerprint density at radius 3 is 2.00 bits per heavy atom. The Balaban J connectivity index is 2.25. The van der Waals surface area contributed by atoms with Gasteiger partial charge in [0.2, 0.25) is 0 Å². The molecule has 0 aliphatic heterocycles. The summed E-state index contributed by atoms with van der Waals surface area (Å²) in [7, 11) is -3.86. The summed E-state index contributed by atoms with van der Waals surface area (Å²) in [4.78, 5) is 11.1. The lowest BCUT2D eigenvalue weighted by Gasteiger charge is -2.12. The summed E-state index contributed by atoms with van der Waals surface area (Å²) in [6.07, 6.45) is -0.727. The van der Waals surface area contributed by atoms with Crippen LogP contribution in [-0.2, 0) is 39.7 Å². The Morgan fingerprint density at radius 2 is 1.50 bits per heavy atom. The predicted molar refractivity (Wildman–Crippen MR) is 101 cm³/mol. The van der Waals surface area contributed by atoms with Crippen LogP contribution in [0.15, 0.2) is 24.3 Å². The fourth-order valence-electron chi connectivity index (χ4n) is 2.11. The van der Waals surface area contributed by atoms with Crippen LogP contribution in [0.5, 0.6) is 5.75 Å². The van der Waals surface area contributed by atoms with Gasteiger partial charge in [-0.25, -0.2) is 4.79 Å². The summed E-state index contributed by atoms with van der Waals surface area (Å²) in [6, 6.07) is 6.66. The molecule has 0 fully saturated rings. The standard InChI is InChI=1S/C18H28O9S/c1-3-23-8-9-24-10-11-25-12-13-26-16-6-4-15(5-7-16)14-17(18(19)20)27-28(2,21)22/h4-7,17H,3,8-14H2,1-2H3,(H,19,20)/t17-/m1/s1. The van der Waals surface area contributed by atoms with Gasteiger partial charge in [-0.1, -0.05) is 12.1 Å². The molecule has 0 radical (unpaired) electrons. The number of carbonyl (C=O) groups is 1. The summed E-state index contributed by atoms with van der Waals surface area (Å²) >= 11 is 0. The van der Waals surface area contributed by atoms with Crippen LogP contribution >= 0.6 is 0 Å². The van der Waals surface area contributed by atoms with Gasteiger partial charge >= 0.3 is 5.97 Å². The van der Waals surface area contributed by atoms with Crippen molar-refractivity contribution in [3.05, 3.63) is 29.8 Å². The van der Waals surface area contributed by atoms with E-state index in [9.17, 15) is 13.2 Å². The van der Waals surface area contributed by atoms with E-state index in [1.807, 2.05) is 6.92 Å². The number of benzene rings is 1. The first-order chi connectivity index (χ1) is 13.3. The van der Waals surface area contributed by atoms with Gasteiger partial charge in [0.15, 0.2) is 6.10 Å². The highest BCUT2D eigenvalue weighted by molar-refractivity contribution is 7.86. The molecule has 0 heterocycles. The monoisotopic (exact) mass is 420 g/mol. The lowest BCUT2D eigenvalue weighted by atomic mass is 10.1. The van der Waals surface area contributed by atoms with Crippen molar-refractivity contribution in [2.75, 3.05) is 52.5 Å². The van der Waals surface area contributed by atoms with Gasteiger partial charge in [-0.15, -0.1) is 0 Å². The van der Waals surface area contributed by atoms with Crippen LogP contribution in [0.1, 0.15) is 12.5 Å². The van der Waals surface area contributed by atoms with E-state index in [2.05, 4.69) is 4.18 Å².